The zero-order valence-electron chi connectivity index (χ0n) is 10.0. The number of thiophene rings is 1. The second-order valence-corrected chi connectivity index (χ2v) is 5.29. The normalized spacial score (nSPS) is 9.59. The van der Waals surface area contributed by atoms with Crippen molar-refractivity contribution in [2.45, 2.75) is 0 Å². The lowest BCUT2D eigenvalue weighted by Gasteiger charge is -2.15. The third kappa shape index (κ3) is 4.08. The Morgan fingerprint density at radius 3 is 3.06 bits per heavy atom. The Hall–Kier alpha value is -0.960. The van der Waals surface area contributed by atoms with Crippen molar-refractivity contribution in [3.63, 3.8) is 0 Å². The molecule has 0 aliphatic rings. The molecule has 17 heavy (non-hydrogen) atoms. The summed E-state index contributed by atoms with van der Waals surface area (Å²) in [6.45, 7) is 1.06. The van der Waals surface area contributed by atoms with Crippen LogP contribution in [0.15, 0.2) is 11.4 Å². The number of thioether (sulfide) groups is 1. The molecule has 1 heterocycles. The van der Waals surface area contributed by atoms with Crippen LogP contribution in [0.3, 0.4) is 0 Å². The highest BCUT2D eigenvalue weighted by Gasteiger charge is 2.15. The van der Waals surface area contributed by atoms with Gasteiger partial charge in [-0.15, -0.1) is 11.3 Å². The van der Waals surface area contributed by atoms with Crippen molar-refractivity contribution < 1.29 is 4.79 Å². The molecule has 5 heteroatoms. The zero-order valence-corrected chi connectivity index (χ0v) is 11.7. The fraction of sp³-hybridized carbons (Fsp3) is 0.417. The molecule has 1 amide bonds. The second kappa shape index (κ2) is 7.38. The van der Waals surface area contributed by atoms with E-state index >= 15 is 0 Å². The highest BCUT2D eigenvalue weighted by molar-refractivity contribution is 7.98. The molecule has 0 radical (unpaired) electrons. The number of hydrogen-bond acceptors (Lipinski definition) is 4. The lowest BCUT2D eigenvalue weighted by molar-refractivity contribution is 0.0808. The summed E-state index contributed by atoms with van der Waals surface area (Å²) in [6, 6.07) is 1.86. The molecule has 1 aromatic heterocycles. The highest BCUT2D eigenvalue weighted by atomic mass is 32.2. The predicted octanol–water partition coefficient (Wildman–Crippen LogP) is 1.49. The third-order valence-corrected chi connectivity index (χ3v) is 3.66. The molecule has 0 aliphatic heterocycles. The average Bonchev–Trinajstić information content (AvgIpc) is 2.80. The van der Waals surface area contributed by atoms with Gasteiger partial charge < -0.3 is 10.6 Å². The Bertz CT molecular complexity index is 431. The summed E-state index contributed by atoms with van der Waals surface area (Å²) >= 11 is 3.16. The zero-order chi connectivity index (χ0) is 12.7. The van der Waals surface area contributed by atoms with E-state index in [-0.39, 0.29) is 5.91 Å². The van der Waals surface area contributed by atoms with Gasteiger partial charge in [-0.05, 0) is 17.7 Å². The third-order valence-electron chi connectivity index (χ3n) is 2.16. The lowest BCUT2D eigenvalue weighted by atomic mass is 10.2. The summed E-state index contributed by atoms with van der Waals surface area (Å²) in [6.07, 6.45) is 2.03. The number of nitrogens with zero attached hydrogens (tertiary/aromatic N) is 1. The quantitative estimate of drug-likeness (QED) is 0.842. The molecular formula is C12H16N2OS2. The predicted molar refractivity (Wildman–Crippen MR) is 75.6 cm³/mol. The van der Waals surface area contributed by atoms with Crippen molar-refractivity contribution in [3.8, 4) is 11.8 Å². The maximum absolute atomic E-state index is 12.1. The SMILES string of the molecule is CSCCN(C)C(=O)c1sccc1C#CCN. The fourth-order valence-electron chi connectivity index (χ4n) is 1.22. The summed E-state index contributed by atoms with van der Waals surface area (Å²) in [5.74, 6) is 6.68. The van der Waals surface area contributed by atoms with Gasteiger partial charge in [-0.1, -0.05) is 11.8 Å². The van der Waals surface area contributed by atoms with E-state index in [4.69, 9.17) is 5.73 Å². The molecule has 0 atom stereocenters. The van der Waals surface area contributed by atoms with Crippen LogP contribution < -0.4 is 5.73 Å². The first-order valence-corrected chi connectivity index (χ1v) is 7.49. The standard InChI is InChI=1S/C12H16N2OS2/c1-14(7-9-16-2)12(15)11-10(4-3-6-13)5-8-17-11/h5,8H,6-7,9,13H2,1-2H3. The van der Waals surface area contributed by atoms with Crippen LogP contribution >= 0.6 is 23.1 Å². The maximum atomic E-state index is 12.1. The molecule has 0 saturated carbocycles. The van der Waals surface area contributed by atoms with Gasteiger partial charge in [0, 0.05) is 24.9 Å². The first kappa shape index (κ1) is 14.1. The summed E-state index contributed by atoms with van der Waals surface area (Å²) in [4.78, 5) is 14.6. The van der Waals surface area contributed by atoms with Gasteiger partial charge in [0.05, 0.1) is 6.54 Å². The Kier molecular flexibility index (Phi) is 6.12. The van der Waals surface area contributed by atoms with E-state index in [9.17, 15) is 4.79 Å². The molecule has 2 N–H and O–H groups in total. The largest absolute Gasteiger partial charge is 0.340 e. The molecule has 0 saturated heterocycles. The van der Waals surface area contributed by atoms with Gasteiger partial charge in [-0.3, -0.25) is 4.79 Å². The smallest absolute Gasteiger partial charge is 0.264 e. The minimum atomic E-state index is 0.0374. The highest BCUT2D eigenvalue weighted by Crippen LogP contribution is 2.17. The molecule has 1 rings (SSSR count). The van der Waals surface area contributed by atoms with Crippen molar-refractivity contribution >= 4 is 29.0 Å². The Morgan fingerprint density at radius 1 is 1.65 bits per heavy atom. The molecule has 0 spiro atoms. The van der Waals surface area contributed by atoms with Gasteiger partial charge in [0.1, 0.15) is 4.88 Å². The Morgan fingerprint density at radius 2 is 2.41 bits per heavy atom. The van der Waals surface area contributed by atoms with Gasteiger partial charge in [-0.2, -0.15) is 11.8 Å². The number of hydrogen-bond donors (Lipinski definition) is 1. The van der Waals surface area contributed by atoms with Gasteiger partial charge in [0.25, 0.3) is 5.91 Å². The van der Waals surface area contributed by atoms with Crippen LogP contribution in [0.2, 0.25) is 0 Å². The Balaban J connectivity index is 2.78. The summed E-state index contributed by atoms with van der Waals surface area (Å²) in [5, 5.41) is 1.89. The number of nitrogens with two attached hydrogens (primary N) is 1. The molecule has 3 nitrogen and oxygen atoms in total. The number of carbonyl (C=O) groups is 1. The molecule has 0 aliphatic carbocycles. The van der Waals surface area contributed by atoms with E-state index in [1.807, 2.05) is 24.7 Å². The molecule has 0 fully saturated rings. The summed E-state index contributed by atoms with van der Waals surface area (Å²) in [7, 11) is 1.82. The van der Waals surface area contributed by atoms with Gasteiger partial charge in [0.2, 0.25) is 0 Å². The van der Waals surface area contributed by atoms with Gasteiger partial charge >= 0.3 is 0 Å². The first-order chi connectivity index (χ1) is 8.20. The minimum Gasteiger partial charge on any atom is -0.340 e. The van der Waals surface area contributed by atoms with Crippen LogP contribution in [-0.2, 0) is 0 Å². The average molecular weight is 268 g/mol. The van der Waals surface area contributed by atoms with Crippen molar-refractivity contribution in [1.82, 2.24) is 4.90 Å². The molecule has 0 unspecified atom stereocenters. The van der Waals surface area contributed by atoms with Gasteiger partial charge in [-0.25, -0.2) is 0 Å². The number of rotatable bonds is 4. The molecule has 0 bridgehead atoms. The topological polar surface area (TPSA) is 46.3 Å². The van der Waals surface area contributed by atoms with E-state index < -0.39 is 0 Å². The van der Waals surface area contributed by atoms with Gasteiger partial charge in [0.15, 0.2) is 0 Å². The maximum Gasteiger partial charge on any atom is 0.264 e. The van der Waals surface area contributed by atoms with Crippen LogP contribution in [0.1, 0.15) is 15.2 Å². The van der Waals surface area contributed by atoms with Crippen molar-refractivity contribution in [3.05, 3.63) is 21.9 Å². The van der Waals surface area contributed by atoms with Crippen molar-refractivity contribution in [1.29, 1.82) is 0 Å². The summed E-state index contributed by atoms with van der Waals surface area (Å²) < 4.78 is 0. The van der Waals surface area contributed by atoms with E-state index in [2.05, 4.69) is 11.8 Å². The molecular weight excluding hydrogens is 252 g/mol. The molecule has 92 valence electrons. The van der Waals surface area contributed by atoms with E-state index in [0.29, 0.717) is 11.4 Å². The van der Waals surface area contributed by atoms with Crippen LogP contribution in [0.25, 0.3) is 0 Å². The van der Waals surface area contributed by atoms with Crippen LogP contribution in [0, 0.1) is 11.8 Å². The summed E-state index contributed by atoms with van der Waals surface area (Å²) in [5.41, 5.74) is 6.11. The van der Waals surface area contributed by atoms with Crippen molar-refractivity contribution in [2.24, 2.45) is 5.73 Å². The minimum absolute atomic E-state index is 0.0374. The van der Waals surface area contributed by atoms with E-state index in [1.165, 1.54) is 11.3 Å². The Labute approximate surface area is 110 Å². The van der Waals surface area contributed by atoms with E-state index in [0.717, 1.165) is 17.9 Å². The molecule has 0 aromatic carbocycles. The van der Waals surface area contributed by atoms with Crippen LogP contribution in [0.4, 0.5) is 0 Å². The molecule has 1 aromatic rings. The number of carbonyl (C=O) groups excluding carboxylic acids is 1. The van der Waals surface area contributed by atoms with Crippen LogP contribution in [0.5, 0.6) is 0 Å². The first-order valence-electron chi connectivity index (χ1n) is 5.21. The number of amides is 1. The monoisotopic (exact) mass is 268 g/mol. The second-order valence-electron chi connectivity index (χ2n) is 3.39. The lowest BCUT2D eigenvalue weighted by Crippen LogP contribution is -2.28. The fourth-order valence-corrected chi connectivity index (χ4v) is 2.52. The van der Waals surface area contributed by atoms with Crippen LogP contribution in [-0.4, -0.2) is 43.0 Å². The van der Waals surface area contributed by atoms with E-state index in [1.54, 1.807) is 16.7 Å². The van der Waals surface area contributed by atoms with Crippen molar-refractivity contribution in [2.75, 3.05) is 32.1 Å².